The van der Waals surface area contributed by atoms with Crippen molar-refractivity contribution in [2.45, 2.75) is 45.2 Å². The number of thiazole rings is 1. The maximum atomic E-state index is 5.89. The third-order valence-corrected chi connectivity index (χ3v) is 4.44. The zero-order chi connectivity index (χ0) is 12.8. The molecule has 0 bridgehead atoms. The SMILES string of the molecule is CCCN(Cc1cnc(Cl)s1)CC1CCCCN1. The van der Waals surface area contributed by atoms with E-state index in [1.165, 1.54) is 37.1 Å². The maximum Gasteiger partial charge on any atom is 0.183 e. The number of nitrogens with zero attached hydrogens (tertiary/aromatic N) is 2. The van der Waals surface area contributed by atoms with Crippen LogP contribution in [-0.4, -0.2) is 35.6 Å². The molecule has 1 atom stereocenters. The zero-order valence-corrected chi connectivity index (χ0v) is 12.6. The van der Waals surface area contributed by atoms with Crippen LogP contribution in [0.4, 0.5) is 0 Å². The molecular formula is C13H22ClN3S. The summed E-state index contributed by atoms with van der Waals surface area (Å²) in [5, 5.41) is 3.62. The van der Waals surface area contributed by atoms with Crippen LogP contribution < -0.4 is 5.32 Å². The van der Waals surface area contributed by atoms with Crippen LogP contribution in [0.2, 0.25) is 4.47 Å². The van der Waals surface area contributed by atoms with Crippen LogP contribution in [-0.2, 0) is 6.54 Å². The van der Waals surface area contributed by atoms with Gasteiger partial charge in [0.15, 0.2) is 4.47 Å². The molecule has 102 valence electrons. The van der Waals surface area contributed by atoms with Crippen molar-refractivity contribution in [1.82, 2.24) is 15.2 Å². The lowest BCUT2D eigenvalue weighted by atomic mass is 10.0. The lowest BCUT2D eigenvalue weighted by Crippen LogP contribution is -2.43. The summed E-state index contributed by atoms with van der Waals surface area (Å²) in [5.74, 6) is 0. The molecule has 0 aromatic carbocycles. The number of aromatic nitrogens is 1. The van der Waals surface area contributed by atoms with Crippen molar-refractivity contribution in [2.24, 2.45) is 0 Å². The van der Waals surface area contributed by atoms with Crippen molar-refractivity contribution >= 4 is 22.9 Å². The van der Waals surface area contributed by atoms with Gasteiger partial charge in [-0.05, 0) is 32.4 Å². The minimum atomic E-state index is 0.650. The first-order valence-corrected chi connectivity index (χ1v) is 8.03. The summed E-state index contributed by atoms with van der Waals surface area (Å²) >= 11 is 7.49. The highest BCUT2D eigenvalue weighted by molar-refractivity contribution is 7.15. The Morgan fingerprint density at radius 3 is 3.06 bits per heavy atom. The predicted molar refractivity (Wildman–Crippen MR) is 78.3 cm³/mol. The second-order valence-electron chi connectivity index (χ2n) is 4.96. The number of rotatable bonds is 6. The Morgan fingerprint density at radius 2 is 2.44 bits per heavy atom. The van der Waals surface area contributed by atoms with Gasteiger partial charge >= 0.3 is 0 Å². The van der Waals surface area contributed by atoms with Crippen molar-refractivity contribution in [3.8, 4) is 0 Å². The summed E-state index contributed by atoms with van der Waals surface area (Å²) in [6.45, 7) is 6.69. The molecule has 1 N–H and O–H groups in total. The fourth-order valence-corrected chi connectivity index (χ4v) is 3.54. The molecule has 1 aliphatic heterocycles. The van der Waals surface area contributed by atoms with Gasteiger partial charge in [0, 0.05) is 30.2 Å². The largest absolute Gasteiger partial charge is 0.313 e. The standard InChI is InChI=1S/C13H22ClN3S/c1-2-7-17(9-11-5-3-4-6-15-11)10-12-8-16-13(14)18-12/h8,11,15H,2-7,9-10H2,1H3. The van der Waals surface area contributed by atoms with E-state index in [1.807, 2.05) is 6.20 Å². The summed E-state index contributed by atoms with van der Waals surface area (Å²) in [6.07, 6.45) is 7.10. The van der Waals surface area contributed by atoms with Crippen molar-refractivity contribution in [2.75, 3.05) is 19.6 Å². The van der Waals surface area contributed by atoms with Gasteiger partial charge in [0.2, 0.25) is 0 Å². The average molecular weight is 288 g/mol. The van der Waals surface area contributed by atoms with Gasteiger partial charge in [-0.25, -0.2) is 4.98 Å². The molecule has 3 nitrogen and oxygen atoms in total. The monoisotopic (exact) mass is 287 g/mol. The third kappa shape index (κ3) is 4.50. The predicted octanol–water partition coefficient (Wildman–Crippen LogP) is 3.15. The number of hydrogen-bond donors (Lipinski definition) is 1. The topological polar surface area (TPSA) is 28.2 Å². The number of halogens is 1. The third-order valence-electron chi connectivity index (χ3n) is 3.34. The summed E-state index contributed by atoms with van der Waals surface area (Å²) in [5.41, 5.74) is 0. The van der Waals surface area contributed by atoms with E-state index in [1.54, 1.807) is 11.3 Å². The first kappa shape index (κ1) is 14.3. The molecule has 1 aromatic heterocycles. The lowest BCUT2D eigenvalue weighted by Gasteiger charge is -2.30. The van der Waals surface area contributed by atoms with Crippen LogP contribution in [0.1, 0.15) is 37.5 Å². The van der Waals surface area contributed by atoms with Crippen LogP contribution in [0, 0.1) is 0 Å². The van der Waals surface area contributed by atoms with Gasteiger partial charge in [0.05, 0.1) is 0 Å². The molecule has 0 radical (unpaired) electrons. The molecule has 2 rings (SSSR count). The van der Waals surface area contributed by atoms with Crippen LogP contribution in [0.15, 0.2) is 6.20 Å². The minimum Gasteiger partial charge on any atom is -0.313 e. The first-order chi connectivity index (χ1) is 8.78. The maximum absolute atomic E-state index is 5.89. The van der Waals surface area contributed by atoms with Gasteiger partial charge in [0.1, 0.15) is 0 Å². The van der Waals surface area contributed by atoms with E-state index < -0.39 is 0 Å². The smallest absolute Gasteiger partial charge is 0.183 e. The molecule has 1 aromatic rings. The molecule has 0 saturated carbocycles. The van der Waals surface area contributed by atoms with Gasteiger partial charge in [-0.2, -0.15) is 0 Å². The molecule has 0 spiro atoms. The fraction of sp³-hybridized carbons (Fsp3) is 0.769. The second-order valence-corrected chi connectivity index (χ2v) is 6.66. The minimum absolute atomic E-state index is 0.650. The molecule has 1 saturated heterocycles. The Labute approximate surface area is 119 Å². The van der Waals surface area contributed by atoms with Crippen LogP contribution in [0.25, 0.3) is 0 Å². The Bertz CT molecular complexity index is 350. The summed E-state index contributed by atoms with van der Waals surface area (Å²) in [4.78, 5) is 7.91. The molecular weight excluding hydrogens is 266 g/mol. The molecule has 2 heterocycles. The molecule has 0 aliphatic carbocycles. The molecule has 18 heavy (non-hydrogen) atoms. The Kier molecular flexibility index (Phi) is 5.89. The molecule has 5 heteroatoms. The van der Waals surface area contributed by atoms with E-state index in [2.05, 4.69) is 22.1 Å². The quantitative estimate of drug-likeness (QED) is 0.871. The van der Waals surface area contributed by atoms with E-state index in [0.29, 0.717) is 10.5 Å². The van der Waals surface area contributed by atoms with Crippen molar-refractivity contribution in [3.05, 3.63) is 15.5 Å². The summed E-state index contributed by atoms with van der Waals surface area (Å²) < 4.78 is 0.650. The second kappa shape index (κ2) is 7.43. The Balaban J connectivity index is 1.86. The van der Waals surface area contributed by atoms with Gasteiger partial charge in [-0.1, -0.05) is 24.9 Å². The van der Waals surface area contributed by atoms with Gasteiger partial charge in [-0.15, -0.1) is 11.3 Å². The van der Waals surface area contributed by atoms with E-state index in [-0.39, 0.29) is 0 Å². The highest BCUT2D eigenvalue weighted by atomic mass is 35.5. The molecule has 1 unspecified atom stereocenters. The Morgan fingerprint density at radius 1 is 1.56 bits per heavy atom. The first-order valence-electron chi connectivity index (χ1n) is 6.84. The van der Waals surface area contributed by atoms with Crippen LogP contribution in [0.5, 0.6) is 0 Å². The van der Waals surface area contributed by atoms with Crippen molar-refractivity contribution in [3.63, 3.8) is 0 Å². The highest BCUT2D eigenvalue weighted by Gasteiger charge is 2.17. The summed E-state index contributed by atoms with van der Waals surface area (Å²) in [7, 11) is 0. The molecule has 1 fully saturated rings. The number of piperidine rings is 1. The number of nitrogens with one attached hydrogen (secondary N) is 1. The fourth-order valence-electron chi connectivity index (χ4n) is 2.52. The van der Waals surface area contributed by atoms with Crippen molar-refractivity contribution < 1.29 is 0 Å². The van der Waals surface area contributed by atoms with E-state index >= 15 is 0 Å². The molecule has 1 aliphatic rings. The normalized spacial score (nSPS) is 20.5. The molecule has 0 amide bonds. The van der Waals surface area contributed by atoms with Gasteiger partial charge < -0.3 is 5.32 Å². The van der Waals surface area contributed by atoms with Gasteiger partial charge in [0.25, 0.3) is 0 Å². The number of hydrogen-bond acceptors (Lipinski definition) is 4. The van der Waals surface area contributed by atoms with Crippen molar-refractivity contribution in [1.29, 1.82) is 0 Å². The Hall–Kier alpha value is -0.160. The zero-order valence-electron chi connectivity index (χ0n) is 11.0. The summed E-state index contributed by atoms with van der Waals surface area (Å²) in [6, 6.07) is 0.661. The van der Waals surface area contributed by atoms with Gasteiger partial charge in [-0.3, -0.25) is 4.90 Å². The average Bonchev–Trinajstić information content (AvgIpc) is 2.76. The van der Waals surface area contributed by atoms with E-state index in [9.17, 15) is 0 Å². The van der Waals surface area contributed by atoms with Crippen LogP contribution in [0.3, 0.4) is 0 Å². The lowest BCUT2D eigenvalue weighted by molar-refractivity contribution is 0.218. The highest BCUT2D eigenvalue weighted by Crippen LogP contribution is 2.20. The van der Waals surface area contributed by atoms with E-state index in [4.69, 9.17) is 11.6 Å². The van der Waals surface area contributed by atoms with E-state index in [0.717, 1.165) is 19.6 Å². The van der Waals surface area contributed by atoms with Crippen LogP contribution >= 0.6 is 22.9 Å².